The third kappa shape index (κ3) is 6.74. The van der Waals surface area contributed by atoms with Gasteiger partial charge in [-0.1, -0.05) is 15.6 Å². The lowest BCUT2D eigenvalue weighted by Gasteiger charge is -2.36. The molecule has 0 spiro atoms. The zero-order chi connectivity index (χ0) is 17.9. The normalized spacial score (nSPS) is 13.4. The van der Waals surface area contributed by atoms with Crippen LogP contribution < -0.4 is 0 Å². The number of hydrogen-bond donors (Lipinski definition) is 0. The molecule has 0 amide bonds. The second-order valence-corrected chi connectivity index (χ2v) is 21.6. The molecule has 0 aliphatic heterocycles. The van der Waals surface area contributed by atoms with Crippen LogP contribution in [-0.2, 0) is 12.6 Å². The summed E-state index contributed by atoms with van der Waals surface area (Å²) in [4.78, 5) is 0. The van der Waals surface area contributed by atoms with Crippen LogP contribution in [0.25, 0.3) is 0 Å². The molecule has 0 aromatic heterocycles. The van der Waals surface area contributed by atoms with E-state index in [1.807, 2.05) is 20.8 Å². The van der Waals surface area contributed by atoms with Gasteiger partial charge in [-0.25, -0.2) is 0 Å². The van der Waals surface area contributed by atoms with E-state index in [9.17, 15) is 0 Å². The van der Waals surface area contributed by atoms with E-state index in [2.05, 4.69) is 59.0 Å². The van der Waals surface area contributed by atoms with Gasteiger partial charge < -0.3 is 12.6 Å². The summed E-state index contributed by atoms with van der Waals surface area (Å²) in [7, 11) is -7.55. The Kier molecular flexibility index (Phi) is 7.90. The van der Waals surface area contributed by atoms with Gasteiger partial charge in [0, 0.05) is 0 Å². The average molecular weight is 377 g/mol. The molecule has 0 unspecified atom stereocenters. The van der Waals surface area contributed by atoms with Crippen molar-refractivity contribution in [1.82, 2.24) is 0 Å². The van der Waals surface area contributed by atoms with Crippen LogP contribution in [0.5, 0.6) is 0 Å². The fourth-order valence-corrected chi connectivity index (χ4v) is 8.64. The van der Waals surface area contributed by atoms with Gasteiger partial charge in [0.1, 0.15) is 0 Å². The minimum atomic E-state index is -2.04. The van der Waals surface area contributed by atoms with Crippen LogP contribution in [0.1, 0.15) is 20.8 Å². The van der Waals surface area contributed by atoms with Gasteiger partial charge in [-0.3, -0.25) is 0 Å². The fraction of sp³-hybridized carbons (Fsp3) is 0.600. The summed E-state index contributed by atoms with van der Waals surface area (Å²) >= 11 is 0. The van der Waals surface area contributed by atoms with E-state index in [1.54, 1.807) is 0 Å². The summed E-state index contributed by atoms with van der Waals surface area (Å²) in [5.41, 5.74) is 0. The van der Waals surface area contributed by atoms with Gasteiger partial charge >= 0.3 is 8.60 Å². The molecule has 0 saturated heterocycles. The number of hydrogen-bond acceptors (Lipinski definition) is 3. The van der Waals surface area contributed by atoms with Crippen molar-refractivity contribution >= 4 is 33.6 Å². The quantitative estimate of drug-likeness (QED) is 0.353. The van der Waals surface area contributed by atoms with E-state index in [-0.39, 0.29) is 0 Å². The molecule has 0 rings (SSSR count). The Hall–Kier alpha value is 0.181. The van der Waals surface area contributed by atoms with Gasteiger partial charge in [0.2, 0.25) is 25.0 Å². The van der Waals surface area contributed by atoms with Gasteiger partial charge in [0.05, 0.1) is 0 Å². The molecule has 0 heterocycles. The van der Waals surface area contributed by atoms with Crippen LogP contribution in [0.2, 0.25) is 39.3 Å². The Labute approximate surface area is 141 Å². The maximum Gasteiger partial charge on any atom is 0.301 e. The zero-order valence-electron chi connectivity index (χ0n) is 15.8. The Balaban J connectivity index is 5.37. The van der Waals surface area contributed by atoms with Crippen LogP contribution in [0.4, 0.5) is 0 Å². The highest BCUT2D eigenvalue weighted by Gasteiger charge is 2.39. The highest BCUT2D eigenvalue weighted by atomic mass is 31.2. The highest BCUT2D eigenvalue weighted by molar-refractivity contribution is 7.48. The van der Waals surface area contributed by atoms with E-state index in [1.165, 1.54) is 0 Å². The van der Waals surface area contributed by atoms with Crippen molar-refractivity contribution in [2.75, 3.05) is 0 Å². The first-order valence-corrected chi connectivity index (χ1v) is 17.3. The molecule has 0 radical (unpaired) electrons. The SMILES string of the molecule is C=C(C)[Si](C)(C)OP(O[Si](C)(C)C(=C)C)O[Si](C)(C)C(=C)C. The van der Waals surface area contributed by atoms with Crippen molar-refractivity contribution < 1.29 is 12.6 Å². The first-order valence-electron chi connectivity index (χ1n) is 7.47. The lowest BCUT2D eigenvalue weighted by molar-refractivity contribution is 0.385. The van der Waals surface area contributed by atoms with E-state index in [0.29, 0.717) is 0 Å². The molecular weight excluding hydrogens is 343 g/mol. The largest absolute Gasteiger partial charge is 0.351 e. The first kappa shape index (κ1) is 22.2. The topological polar surface area (TPSA) is 27.7 Å². The molecular formula is C15H33O3PSi3. The van der Waals surface area contributed by atoms with Crippen molar-refractivity contribution in [1.29, 1.82) is 0 Å². The van der Waals surface area contributed by atoms with E-state index in [4.69, 9.17) is 12.6 Å². The third-order valence-corrected chi connectivity index (χ3v) is 17.4. The maximum atomic E-state index is 6.32. The molecule has 128 valence electrons. The molecule has 0 aromatic rings. The monoisotopic (exact) mass is 376 g/mol. The summed E-state index contributed by atoms with van der Waals surface area (Å²) in [5, 5.41) is 3.24. The van der Waals surface area contributed by atoms with Crippen molar-refractivity contribution in [2.24, 2.45) is 0 Å². The smallest absolute Gasteiger partial charge is 0.301 e. The second-order valence-electron chi connectivity index (χ2n) is 7.37. The van der Waals surface area contributed by atoms with Crippen LogP contribution in [0.15, 0.2) is 35.3 Å². The van der Waals surface area contributed by atoms with Crippen molar-refractivity contribution in [3.05, 3.63) is 35.3 Å². The molecule has 0 saturated carbocycles. The summed E-state index contributed by atoms with van der Waals surface area (Å²) < 4.78 is 19.0. The zero-order valence-corrected chi connectivity index (χ0v) is 19.7. The minimum Gasteiger partial charge on any atom is -0.351 e. The van der Waals surface area contributed by atoms with Gasteiger partial charge in [0.15, 0.2) is 0 Å². The molecule has 7 heteroatoms. The lowest BCUT2D eigenvalue weighted by Crippen LogP contribution is -2.38. The summed E-state index contributed by atoms with van der Waals surface area (Å²) in [6.07, 6.45) is 0. The van der Waals surface area contributed by atoms with E-state index in [0.717, 1.165) is 15.6 Å². The Morgan fingerprint density at radius 3 is 0.909 bits per heavy atom. The molecule has 0 aliphatic carbocycles. The van der Waals surface area contributed by atoms with Gasteiger partial charge in [-0.15, -0.1) is 19.7 Å². The van der Waals surface area contributed by atoms with Crippen LogP contribution in [-0.4, -0.2) is 25.0 Å². The van der Waals surface area contributed by atoms with E-state index >= 15 is 0 Å². The molecule has 0 aliphatic rings. The second kappa shape index (κ2) is 7.84. The maximum absolute atomic E-state index is 6.32. The van der Waals surface area contributed by atoms with Crippen LogP contribution in [0, 0.1) is 0 Å². The van der Waals surface area contributed by atoms with Crippen molar-refractivity contribution in [2.45, 2.75) is 60.1 Å². The number of allylic oxidation sites excluding steroid dienone is 3. The highest BCUT2D eigenvalue weighted by Crippen LogP contribution is 2.50. The number of rotatable bonds is 9. The lowest BCUT2D eigenvalue weighted by atomic mass is 10.8. The molecule has 0 N–H and O–H groups in total. The van der Waals surface area contributed by atoms with Gasteiger partial charge in [-0.2, -0.15) is 0 Å². The van der Waals surface area contributed by atoms with E-state index < -0.39 is 33.6 Å². The summed E-state index contributed by atoms with van der Waals surface area (Å²) in [5.74, 6) is 0. The van der Waals surface area contributed by atoms with Crippen LogP contribution >= 0.6 is 8.60 Å². The average Bonchev–Trinajstić information content (AvgIpc) is 2.25. The van der Waals surface area contributed by atoms with Crippen molar-refractivity contribution in [3.8, 4) is 0 Å². The minimum absolute atomic E-state index is 1.08. The third-order valence-electron chi connectivity index (χ3n) is 3.99. The summed E-state index contributed by atoms with van der Waals surface area (Å²) in [6, 6.07) is 0. The molecule has 0 atom stereocenters. The van der Waals surface area contributed by atoms with Crippen LogP contribution in [0.3, 0.4) is 0 Å². The first-order chi connectivity index (χ1) is 9.62. The molecule has 0 fully saturated rings. The van der Waals surface area contributed by atoms with Crippen molar-refractivity contribution in [3.63, 3.8) is 0 Å². The Morgan fingerprint density at radius 2 is 0.773 bits per heavy atom. The molecule has 3 nitrogen and oxygen atoms in total. The molecule has 0 aromatic carbocycles. The van der Waals surface area contributed by atoms with Gasteiger partial charge in [0.25, 0.3) is 0 Å². The molecule has 0 bridgehead atoms. The summed E-state index contributed by atoms with van der Waals surface area (Å²) in [6.45, 7) is 31.0. The van der Waals surface area contributed by atoms with Gasteiger partial charge in [-0.05, 0) is 60.1 Å². The fourth-order valence-electron chi connectivity index (χ4n) is 0.849. The predicted molar refractivity (Wildman–Crippen MR) is 107 cm³/mol. The standard InChI is InChI=1S/C15H33O3PSi3/c1-13(2)20(7,8)16-19(17-21(9,10)14(3)4)18-22(11,12)15(5)6/h1,3,5H2,2,4,6-12H3. The Morgan fingerprint density at radius 1 is 0.591 bits per heavy atom. The predicted octanol–water partition coefficient (Wildman–Crippen LogP) is 6.22. The molecule has 22 heavy (non-hydrogen) atoms. The Bertz CT molecular complexity index is 392.